The van der Waals surface area contributed by atoms with Crippen LogP contribution in [0.5, 0.6) is 0 Å². The Morgan fingerprint density at radius 2 is 2.00 bits per heavy atom. The second kappa shape index (κ2) is 7.55. The summed E-state index contributed by atoms with van der Waals surface area (Å²) in [6, 6.07) is 14.2. The highest BCUT2D eigenvalue weighted by molar-refractivity contribution is 7.14. The Balaban J connectivity index is 1.73. The molecule has 4 aromatic heterocycles. The normalized spacial score (nSPS) is 11.8. The second-order valence-electron chi connectivity index (χ2n) is 5.43. The molecule has 0 spiro atoms. The minimum absolute atomic E-state index is 0.840. The zero-order chi connectivity index (χ0) is 16.9. The van der Waals surface area contributed by atoms with Gasteiger partial charge in [0.15, 0.2) is 4.80 Å². The van der Waals surface area contributed by atoms with Crippen LogP contribution in [0.25, 0.3) is 10.6 Å². The number of rotatable bonds is 5. The average Bonchev–Trinajstić information content (AvgIpc) is 3.31. The molecule has 4 aromatic rings. The van der Waals surface area contributed by atoms with Gasteiger partial charge in [0.2, 0.25) is 0 Å². The molecule has 0 N–H and O–H groups in total. The first-order chi connectivity index (χ1) is 12.4. The lowest BCUT2D eigenvalue weighted by Gasteiger charge is -2.07. The maximum Gasteiger partial charge on any atom is 0.190 e. The van der Waals surface area contributed by atoms with E-state index in [0.29, 0.717) is 0 Å². The molecule has 0 radical (unpaired) electrons. The summed E-state index contributed by atoms with van der Waals surface area (Å²) in [5, 5.41) is 4.29. The molecule has 25 heavy (non-hydrogen) atoms. The van der Waals surface area contributed by atoms with Gasteiger partial charge in [0, 0.05) is 36.4 Å². The average molecular weight is 364 g/mol. The van der Waals surface area contributed by atoms with E-state index in [2.05, 4.69) is 43.5 Å². The smallest absolute Gasteiger partial charge is 0.190 e. The van der Waals surface area contributed by atoms with Crippen LogP contribution in [-0.4, -0.2) is 14.5 Å². The molecule has 0 saturated heterocycles. The van der Waals surface area contributed by atoms with Gasteiger partial charge in [-0.25, -0.2) is 4.99 Å². The van der Waals surface area contributed by atoms with E-state index in [4.69, 9.17) is 4.99 Å². The number of aromatic nitrogens is 3. The molecule has 0 aromatic carbocycles. The predicted molar refractivity (Wildman–Crippen MR) is 103 cm³/mol. The summed E-state index contributed by atoms with van der Waals surface area (Å²) >= 11 is 3.41. The van der Waals surface area contributed by atoms with Crippen LogP contribution < -0.4 is 4.80 Å². The van der Waals surface area contributed by atoms with E-state index in [1.807, 2.05) is 30.5 Å². The van der Waals surface area contributed by atoms with Crippen LogP contribution in [0.2, 0.25) is 0 Å². The zero-order valence-corrected chi connectivity index (χ0v) is 15.1. The van der Waals surface area contributed by atoms with Crippen molar-refractivity contribution in [3.63, 3.8) is 0 Å². The van der Waals surface area contributed by atoms with Crippen LogP contribution in [0.15, 0.2) is 76.8 Å². The van der Waals surface area contributed by atoms with E-state index in [0.717, 1.165) is 29.1 Å². The van der Waals surface area contributed by atoms with E-state index in [-0.39, 0.29) is 0 Å². The van der Waals surface area contributed by atoms with Gasteiger partial charge in [-0.15, -0.1) is 22.7 Å². The third-order valence-electron chi connectivity index (χ3n) is 3.76. The summed E-state index contributed by atoms with van der Waals surface area (Å²) in [5.74, 6) is 0. The minimum Gasteiger partial charge on any atom is -0.315 e. The Bertz CT molecular complexity index is 987. The van der Waals surface area contributed by atoms with Gasteiger partial charge in [-0.1, -0.05) is 12.1 Å². The van der Waals surface area contributed by atoms with Gasteiger partial charge in [-0.2, -0.15) is 0 Å². The molecular formula is C19H16N4S2. The van der Waals surface area contributed by atoms with E-state index in [1.54, 1.807) is 35.1 Å². The SMILES string of the molecule is c1ccc(CCn2c(-c3cccs3)csc2=Nc2cccnc2)nc1. The first kappa shape index (κ1) is 15.9. The van der Waals surface area contributed by atoms with Crippen molar-refractivity contribution in [1.82, 2.24) is 14.5 Å². The Hall–Kier alpha value is -2.57. The number of nitrogens with zero attached hydrogens (tertiary/aromatic N) is 4. The van der Waals surface area contributed by atoms with Crippen molar-refractivity contribution < 1.29 is 0 Å². The summed E-state index contributed by atoms with van der Waals surface area (Å²) in [4.78, 5) is 15.6. The lowest BCUT2D eigenvalue weighted by molar-refractivity contribution is 0.675. The van der Waals surface area contributed by atoms with Gasteiger partial charge in [0.1, 0.15) is 0 Å². The summed E-state index contributed by atoms with van der Waals surface area (Å²) in [6.45, 7) is 0.840. The molecule has 0 unspecified atom stereocenters. The lowest BCUT2D eigenvalue weighted by Crippen LogP contribution is -2.17. The molecule has 124 valence electrons. The number of aryl methyl sites for hydroxylation is 1. The van der Waals surface area contributed by atoms with Gasteiger partial charge in [-0.3, -0.25) is 9.97 Å². The molecule has 0 atom stereocenters. The predicted octanol–water partition coefficient (Wildman–Crippen LogP) is 4.54. The Morgan fingerprint density at radius 1 is 1.00 bits per heavy atom. The molecular weight excluding hydrogens is 348 g/mol. The van der Waals surface area contributed by atoms with Gasteiger partial charge >= 0.3 is 0 Å². The lowest BCUT2D eigenvalue weighted by atomic mass is 10.2. The molecule has 0 amide bonds. The number of thiophene rings is 1. The maximum absolute atomic E-state index is 4.79. The largest absolute Gasteiger partial charge is 0.315 e. The van der Waals surface area contributed by atoms with Crippen LogP contribution in [0, 0.1) is 0 Å². The number of thiazole rings is 1. The zero-order valence-electron chi connectivity index (χ0n) is 13.4. The minimum atomic E-state index is 0.840. The number of hydrogen-bond donors (Lipinski definition) is 0. The fraction of sp³-hybridized carbons (Fsp3) is 0.105. The molecule has 0 aliphatic rings. The van der Waals surface area contributed by atoms with Crippen LogP contribution in [-0.2, 0) is 13.0 Å². The quantitative estimate of drug-likeness (QED) is 0.522. The van der Waals surface area contributed by atoms with Crippen molar-refractivity contribution in [2.75, 3.05) is 0 Å². The summed E-state index contributed by atoms with van der Waals surface area (Å²) < 4.78 is 2.28. The molecule has 0 bridgehead atoms. The van der Waals surface area contributed by atoms with E-state index < -0.39 is 0 Å². The molecule has 0 aliphatic heterocycles. The van der Waals surface area contributed by atoms with E-state index in [9.17, 15) is 0 Å². The van der Waals surface area contributed by atoms with Crippen molar-refractivity contribution in [3.05, 3.63) is 82.3 Å². The molecule has 0 fully saturated rings. The first-order valence-electron chi connectivity index (χ1n) is 7.97. The van der Waals surface area contributed by atoms with Crippen molar-refractivity contribution in [2.24, 2.45) is 4.99 Å². The Labute approximate surface area is 153 Å². The highest BCUT2D eigenvalue weighted by Crippen LogP contribution is 2.25. The van der Waals surface area contributed by atoms with Gasteiger partial charge in [0.05, 0.1) is 22.5 Å². The van der Waals surface area contributed by atoms with Crippen molar-refractivity contribution in [3.8, 4) is 10.6 Å². The van der Waals surface area contributed by atoms with Crippen LogP contribution in [0.3, 0.4) is 0 Å². The third kappa shape index (κ3) is 3.75. The topological polar surface area (TPSA) is 43.1 Å². The standard InChI is InChI=1S/C19H16N4S2/c1-2-10-21-15(5-1)8-11-23-17(18-7-4-12-24-18)14-25-19(23)22-16-6-3-9-20-13-16/h1-7,9-10,12-14H,8,11H2. The second-order valence-corrected chi connectivity index (χ2v) is 7.21. The van der Waals surface area contributed by atoms with Crippen molar-refractivity contribution >= 4 is 28.4 Å². The number of hydrogen-bond acceptors (Lipinski definition) is 5. The molecule has 6 heteroatoms. The maximum atomic E-state index is 4.79. The van der Waals surface area contributed by atoms with Crippen LogP contribution >= 0.6 is 22.7 Å². The summed E-state index contributed by atoms with van der Waals surface area (Å²) in [5.41, 5.74) is 3.16. The van der Waals surface area contributed by atoms with E-state index in [1.165, 1.54) is 10.6 Å². The van der Waals surface area contributed by atoms with Crippen molar-refractivity contribution in [1.29, 1.82) is 0 Å². The summed E-state index contributed by atoms with van der Waals surface area (Å²) in [6.07, 6.45) is 6.26. The van der Waals surface area contributed by atoms with Gasteiger partial charge < -0.3 is 4.57 Å². The number of pyridine rings is 2. The molecule has 0 saturated carbocycles. The fourth-order valence-electron chi connectivity index (χ4n) is 2.56. The Morgan fingerprint density at radius 3 is 2.76 bits per heavy atom. The molecule has 4 rings (SSSR count). The van der Waals surface area contributed by atoms with Crippen LogP contribution in [0.1, 0.15) is 5.69 Å². The van der Waals surface area contributed by atoms with Crippen molar-refractivity contribution in [2.45, 2.75) is 13.0 Å². The third-order valence-corrected chi connectivity index (χ3v) is 5.52. The summed E-state index contributed by atoms with van der Waals surface area (Å²) in [7, 11) is 0. The van der Waals surface area contributed by atoms with E-state index >= 15 is 0 Å². The first-order valence-corrected chi connectivity index (χ1v) is 9.73. The molecule has 4 nitrogen and oxygen atoms in total. The van der Waals surface area contributed by atoms with Crippen LogP contribution in [0.4, 0.5) is 5.69 Å². The monoisotopic (exact) mass is 364 g/mol. The molecule has 4 heterocycles. The van der Waals surface area contributed by atoms with Gasteiger partial charge in [-0.05, 0) is 35.7 Å². The molecule has 0 aliphatic carbocycles. The van der Waals surface area contributed by atoms with Gasteiger partial charge in [0.25, 0.3) is 0 Å². The highest BCUT2D eigenvalue weighted by atomic mass is 32.1. The highest BCUT2D eigenvalue weighted by Gasteiger charge is 2.09. The Kier molecular flexibility index (Phi) is 4.81. The fourth-order valence-corrected chi connectivity index (χ4v) is 4.33.